The molecule has 0 saturated carbocycles. The van der Waals surface area contributed by atoms with E-state index in [2.05, 4.69) is 20.6 Å². The van der Waals surface area contributed by atoms with Crippen molar-refractivity contribution in [2.24, 2.45) is 0 Å². The van der Waals surface area contributed by atoms with Gasteiger partial charge < -0.3 is 20.5 Å². The number of benzene rings is 2. The second kappa shape index (κ2) is 9.56. The first-order valence-electron chi connectivity index (χ1n) is 8.72. The van der Waals surface area contributed by atoms with Gasteiger partial charge in [-0.3, -0.25) is 4.79 Å². The number of anilines is 2. The summed E-state index contributed by atoms with van der Waals surface area (Å²) < 4.78 is 32.2. The van der Waals surface area contributed by atoms with Crippen molar-refractivity contribution in [2.45, 2.75) is 6.42 Å². The third-order valence-corrected chi connectivity index (χ3v) is 3.79. The highest BCUT2D eigenvalue weighted by atomic mass is 19.1. The fraction of sp³-hybridized carbons (Fsp3) is 0.150. The van der Waals surface area contributed by atoms with Gasteiger partial charge in [-0.05, 0) is 35.9 Å². The number of carbonyl (C=O) groups excluding carboxylic acids is 1. The minimum atomic E-state index is -0.762. The van der Waals surface area contributed by atoms with Gasteiger partial charge in [0, 0.05) is 24.4 Å². The molecule has 0 unspecified atom stereocenters. The molecule has 150 valence electrons. The van der Waals surface area contributed by atoms with E-state index in [-0.39, 0.29) is 18.6 Å². The summed E-state index contributed by atoms with van der Waals surface area (Å²) in [5.41, 5.74) is 0.607. The average Bonchev–Trinajstić information content (AvgIpc) is 2.70. The van der Waals surface area contributed by atoms with E-state index in [0.29, 0.717) is 29.7 Å². The molecule has 3 N–H and O–H groups in total. The number of aliphatic hydroxyl groups excluding tert-OH is 1. The molecule has 1 aromatic heterocycles. The fourth-order valence-corrected chi connectivity index (χ4v) is 2.45. The lowest BCUT2D eigenvalue weighted by atomic mass is 10.1. The normalized spacial score (nSPS) is 10.4. The Morgan fingerprint density at radius 2 is 1.86 bits per heavy atom. The van der Waals surface area contributed by atoms with Crippen LogP contribution in [-0.2, 0) is 11.2 Å². The molecule has 0 fully saturated rings. The summed E-state index contributed by atoms with van der Waals surface area (Å²) in [6.45, 7) is 0.327. The highest BCUT2D eigenvalue weighted by Crippen LogP contribution is 2.22. The van der Waals surface area contributed by atoms with Gasteiger partial charge in [0.2, 0.25) is 11.8 Å². The van der Waals surface area contributed by atoms with Crippen molar-refractivity contribution in [1.82, 2.24) is 9.97 Å². The topological polar surface area (TPSA) is 96.4 Å². The quantitative estimate of drug-likeness (QED) is 0.538. The van der Waals surface area contributed by atoms with Crippen molar-refractivity contribution in [3.63, 3.8) is 0 Å². The summed E-state index contributed by atoms with van der Waals surface area (Å²) in [6, 6.07) is 11.2. The molecule has 29 heavy (non-hydrogen) atoms. The summed E-state index contributed by atoms with van der Waals surface area (Å²) in [6.07, 6.45) is 1.12. The van der Waals surface area contributed by atoms with E-state index in [1.165, 1.54) is 12.4 Å². The van der Waals surface area contributed by atoms with Crippen LogP contribution in [0.4, 0.5) is 20.3 Å². The van der Waals surface area contributed by atoms with Gasteiger partial charge in [-0.2, -0.15) is 0 Å². The Bertz CT molecular complexity index is 984. The highest BCUT2D eigenvalue weighted by Gasteiger charge is 2.10. The van der Waals surface area contributed by atoms with Crippen molar-refractivity contribution in [1.29, 1.82) is 0 Å². The van der Waals surface area contributed by atoms with E-state index in [1.807, 2.05) is 0 Å². The molecule has 0 atom stereocenters. The zero-order valence-corrected chi connectivity index (χ0v) is 15.2. The molecule has 0 bridgehead atoms. The first-order chi connectivity index (χ1) is 14.0. The molecule has 1 amide bonds. The largest absolute Gasteiger partial charge is 0.439 e. The van der Waals surface area contributed by atoms with Crippen LogP contribution >= 0.6 is 0 Å². The number of carbonyl (C=O) groups is 1. The Labute approximate surface area is 165 Å². The first-order valence-corrected chi connectivity index (χ1v) is 8.72. The van der Waals surface area contributed by atoms with E-state index < -0.39 is 17.5 Å². The van der Waals surface area contributed by atoms with Crippen molar-refractivity contribution in [3.05, 3.63) is 72.1 Å². The summed E-state index contributed by atoms with van der Waals surface area (Å²) in [5.74, 6) is -0.576. The lowest BCUT2D eigenvalue weighted by molar-refractivity contribution is -0.115. The minimum Gasteiger partial charge on any atom is -0.439 e. The van der Waals surface area contributed by atoms with Crippen molar-refractivity contribution < 1.29 is 23.4 Å². The molecule has 0 aliphatic carbocycles. The van der Waals surface area contributed by atoms with Crippen LogP contribution in [0.5, 0.6) is 11.6 Å². The monoisotopic (exact) mass is 400 g/mol. The number of hydrogen-bond donors (Lipinski definition) is 3. The van der Waals surface area contributed by atoms with Crippen LogP contribution in [0.3, 0.4) is 0 Å². The third kappa shape index (κ3) is 5.94. The van der Waals surface area contributed by atoms with Crippen LogP contribution in [0.1, 0.15) is 5.56 Å². The van der Waals surface area contributed by atoms with Crippen molar-refractivity contribution in [2.75, 3.05) is 23.8 Å². The van der Waals surface area contributed by atoms with Gasteiger partial charge >= 0.3 is 0 Å². The van der Waals surface area contributed by atoms with Crippen LogP contribution < -0.4 is 15.4 Å². The second-order valence-electron chi connectivity index (χ2n) is 5.98. The molecule has 1 heterocycles. The van der Waals surface area contributed by atoms with E-state index >= 15 is 0 Å². The summed E-state index contributed by atoms with van der Waals surface area (Å²) in [7, 11) is 0. The molecule has 0 spiro atoms. The minimum absolute atomic E-state index is 0.0266. The zero-order valence-electron chi connectivity index (χ0n) is 15.2. The molecule has 3 rings (SSSR count). The lowest BCUT2D eigenvalue weighted by Crippen LogP contribution is -2.15. The molecule has 2 aromatic carbocycles. The maximum atomic E-state index is 13.6. The number of rotatable bonds is 8. The predicted octanol–water partition coefficient (Wildman–Crippen LogP) is 3.13. The third-order valence-electron chi connectivity index (χ3n) is 3.79. The number of amides is 1. The zero-order chi connectivity index (χ0) is 20.6. The summed E-state index contributed by atoms with van der Waals surface area (Å²) >= 11 is 0. The van der Waals surface area contributed by atoms with Crippen molar-refractivity contribution >= 4 is 17.4 Å². The smallest absolute Gasteiger partial charge is 0.228 e. The van der Waals surface area contributed by atoms with E-state index in [4.69, 9.17) is 9.84 Å². The van der Waals surface area contributed by atoms with Gasteiger partial charge in [-0.25, -0.2) is 18.7 Å². The Kier molecular flexibility index (Phi) is 6.64. The van der Waals surface area contributed by atoms with Gasteiger partial charge in [0.1, 0.15) is 29.5 Å². The average molecular weight is 400 g/mol. The molecular formula is C20H18F2N4O3. The Hall–Kier alpha value is -3.59. The van der Waals surface area contributed by atoms with Crippen LogP contribution in [0.15, 0.2) is 54.9 Å². The predicted molar refractivity (Wildman–Crippen MR) is 103 cm³/mol. The number of aliphatic hydroxyl groups is 1. The van der Waals surface area contributed by atoms with E-state index in [1.54, 1.807) is 30.3 Å². The maximum absolute atomic E-state index is 13.6. The van der Waals surface area contributed by atoms with E-state index in [9.17, 15) is 13.6 Å². The standard InChI is InChI=1S/C20H18F2N4O3/c21-14-2-1-13(17(22)10-14)9-19(28)26-15-3-5-16(6-4-15)29-20-11-18(23-7-8-27)24-12-25-20/h1-6,10-12,27H,7-9H2,(H,26,28)(H,23,24,25). The number of hydrogen-bond acceptors (Lipinski definition) is 6. The second-order valence-corrected chi connectivity index (χ2v) is 5.98. The molecule has 0 radical (unpaired) electrons. The van der Waals surface area contributed by atoms with Gasteiger partial charge in [-0.15, -0.1) is 0 Å². The number of ether oxygens (including phenoxy) is 1. The fourth-order valence-electron chi connectivity index (χ4n) is 2.45. The number of halogens is 2. The van der Waals surface area contributed by atoms with Gasteiger partial charge in [0.15, 0.2) is 0 Å². The highest BCUT2D eigenvalue weighted by molar-refractivity contribution is 5.92. The lowest BCUT2D eigenvalue weighted by Gasteiger charge is -2.09. The van der Waals surface area contributed by atoms with E-state index in [0.717, 1.165) is 12.1 Å². The number of aromatic nitrogens is 2. The summed E-state index contributed by atoms with van der Waals surface area (Å²) in [4.78, 5) is 20.1. The SMILES string of the molecule is O=C(Cc1ccc(F)cc1F)Nc1ccc(Oc2cc(NCCO)ncn2)cc1. The van der Waals surface area contributed by atoms with Crippen LogP contribution in [-0.4, -0.2) is 34.1 Å². The van der Waals surface area contributed by atoms with Crippen LogP contribution in [0, 0.1) is 11.6 Å². The van der Waals surface area contributed by atoms with Crippen LogP contribution in [0.25, 0.3) is 0 Å². The molecular weight excluding hydrogens is 382 g/mol. The number of nitrogens with one attached hydrogen (secondary N) is 2. The number of nitrogens with zero attached hydrogens (tertiary/aromatic N) is 2. The van der Waals surface area contributed by atoms with Gasteiger partial charge in [0.05, 0.1) is 13.0 Å². The van der Waals surface area contributed by atoms with Crippen LogP contribution in [0.2, 0.25) is 0 Å². The van der Waals surface area contributed by atoms with Gasteiger partial charge in [0.25, 0.3) is 0 Å². The molecule has 3 aromatic rings. The Balaban J connectivity index is 1.58. The molecule has 0 saturated heterocycles. The molecule has 9 heteroatoms. The summed E-state index contributed by atoms with van der Waals surface area (Å²) in [5, 5.41) is 14.4. The first kappa shape index (κ1) is 20.2. The van der Waals surface area contributed by atoms with Gasteiger partial charge in [-0.1, -0.05) is 6.07 Å². The molecule has 7 nitrogen and oxygen atoms in total. The molecule has 0 aliphatic heterocycles. The Morgan fingerprint density at radius 3 is 2.59 bits per heavy atom. The van der Waals surface area contributed by atoms with Crippen molar-refractivity contribution in [3.8, 4) is 11.6 Å². The maximum Gasteiger partial charge on any atom is 0.228 e. The Morgan fingerprint density at radius 1 is 1.07 bits per heavy atom. The molecule has 0 aliphatic rings.